The number of hydrogen-bond donors (Lipinski definition) is 0. The van der Waals surface area contributed by atoms with Gasteiger partial charge >= 0.3 is 17.5 Å². The van der Waals surface area contributed by atoms with E-state index in [0.29, 0.717) is 0 Å². The summed E-state index contributed by atoms with van der Waals surface area (Å²) in [5.41, 5.74) is 0. The summed E-state index contributed by atoms with van der Waals surface area (Å²) in [6.07, 6.45) is 0. The van der Waals surface area contributed by atoms with Gasteiger partial charge in [0, 0.05) is 12.1 Å². The monoisotopic (exact) mass is 298 g/mol. The summed E-state index contributed by atoms with van der Waals surface area (Å²) in [4.78, 5) is 0. The predicted molar refractivity (Wildman–Crippen MR) is 78.1 cm³/mol. The zero-order chi connectivity index (χ0) is 14.7. The SMILES string of the molecule is CN(C)[Si](F)(CC[Si](F)(N(C)C)N(C)C)N(C)C. The molecule has 0 aromatic heterocycles. The number of rotatable bonds is 7. The average Bonchev–Trinajstić information content (AvgIpc) is 2.23. The lowest BCUT2D eigenvalue weighted by atomic mass is 10.9. The van der Waals surface area contributed by atoms with Crippen LogP contribution in [0.25, 0.3) is 0 Å². The summed E-state index contributed by atoms with van der Waals surface area (Å²) in [5.74, 6) is 0. The van der Waals surface area contributed by atoms with Crippen LogP contribution in [-0.2, 0) is 0 Å². The smallest absolute Gasteiger partial charge is 0.292 e. The Hall–Kier alpha value is 0.134. The first-order valence-electron chi connectivity index (χ1n) is 6.06. The van der Waals surface area contributed by atoms with Gasteiger partial charge in [0.2, 0.25) is 0 Å². The van der Waals surface area contributed by atoms with Gasteiger partial charge in [0.1, 0.15) is 0 Å². The fraction of sp³-hybridized carbons (Fsp3) is 1.00. The van der Waals surface area contributed by atoms with Crippen molar-refractivity contribution >= 4 is 17.5 Å². The van der Waals surface area contributed by atoms with Crippen LogP contribution < -0.4 is 0 Å². The van der Waals surface area contributed by atoms with E-state index < -0.39 is 17.5 Å². The molecule has 0 aliphatic carbocycles. The Morgan fingerprint density at radius 3 is 0.833 bits per heavy atom. The van der Waals surface area contributed by atoms with Crippen molar-refractivity contribution < 1.29 is 8.22 Å². The van der Waals surface area contributed by atoms with Crippen molar-refractivity contribution in [3.8, 4) is 0 Å². The van der Waals surface area contributed by atoms with Crippen molar-refractivity contribution in [2.75, 3.05) is 56.4 Å². The second-order valence-corrected chi connectivity index (χ2v) is 13.0. The molecule has 4 nitrogen and oxygen atoms in total. The third kappa shape index (κ3) is 3.81. The van der Waals surface area contributed by atoms with Crippen molar-refractivity contribution in [3.63, 3.8) is 0 Å². The van der Waals surface area contributed by atoms with Gasteiger partial charge in [-0.2, -0.15) is 0 Å². The van der Waals surface area contributed by atoms with Gasteiger partial charge in [-0.25, -0.2) is 0 Å². The molecule has 0 fully saturated rings. The molecule has 8 heteroatoms. The lowest BCUT2D eigenvalue weighted by molar-refractivity contribution is 0.380. The van der Waals surface area contributed by atoms with Gasteiger partial charge < -0.3 is 0 Å². The Morgan fingerprint density at radius 1 is 0.556 bits per heavy atom. The minimum Gasteiger partial charge on any atom is -0.292 e. The quantitative estimate of drug-likeness (QED) is 0.514. The topological polar surface area (TPSA) is 13.0 Å². The molecule has 0 saturated heterocycles. The zero-order valence-electron chi connectivity index (χ0n) is 13.0. The molecule has 0 N–H and O–H groups in total. The fourth-order valence-electron chi connectivity index (χ4n) is 2.01. The predicted octanol–water partition coefficient (Wildman–Crippen LogP) is 1.05. The van der Waals surface area contributed by atoms with Gasteiger partial charge in [-0.1, -0.05) is 0 Å². The van der Waals surface area contributed by atoms with Gasteiger partial charge in [0.25, 0.3) is 0 Å². The Balaban J connectivity index is 4.90. The number of hydrogen-bond acceptors (Lipinski definition) is 4. The third-order valence-electron chi connectivity index (χ3n) is 3.50. The van der Waals surface area contributed by atoms with Crippen molar-refractivity contribution in [2.45, 2.75) is 12.1 Å². The number of nitrogens with zero attached hydrogens (tertiary/aromatic N) is 4. The van der Waals surface area contributed by atoms with Crippen LogP contribution in [0.2, 0.25) is 12.1 Å². The van der Waals surface area contributed by atoms with E-state index in [1.165, 1.54) is 0 Å². The van der Waals surface area contributed by atoms with E-state index in [9.17, 15) is 8.22 Å². The zero-order valence-corrected chi connectivity index (χ0v) is 15.0. The van der Waals surface area contributed by atoms with Crippen LogP contribution in [0.3, 0.4) is 0 Å². The Labute approximate surface area is 113 Å². The Bertz CT molecular complexity index is 220. The first-order chi connectivity index (χ1) is 7.98. The highest BCUT2D eigenvalue weighted by molar-refractivity contribution is 6.72. The summed E-state index contributed by atoms with van der Waals surface area (Å²) in [6, 6.07) is 0.568. The third-order valence-corrected chi connectivity index (χ3v) is 11.3. The summed E-state index contributed by atoms with van der Waals surface area (Å²) >= 11 is 0. The van der Waals surface area contributed by atoms with Crippen LogP contribution in [0.1, 0.15) is 0 Å². The standard InChI is InChI=1S/C10H28F2N4Si2/c1-13(2)17(11,14(3)4)9-10-18(12,15(5)6)16(7)8/h9-10H2,1-8H3. The van der Waals surface area contributed by atoms with Crippen LogP contribution in [-0.4, -0.2) is 92.1 Å². The van der Waals surface area contributed by atoms with Crippen LogP contribution >= 0.6 is 0 Å². The van der Waals surface area contributed by atoms with Crippen LogP contribution in [0.4, 0.5) is 8.22 Å². The molecule has 0 aromatic rings. The maximum Gasteiger partial charge on any atom is 0.400 e. The molecule has 110 valence electrons. The average molecular weight is 299 g/mol. The molecule has 0 aromatic carbocycles. The van der Waals surface area contributed by atoms with Crippen LogP contribution in [0.15, 0.2) is 0 Å². The van der Waals surface area contributed by atoms with E-state index in [1.807, 2.05) is 0 Å². The molecule has 0 heterocycles. The lowest BCUT2D eigenvalue weighted by Gasteiger charge is -2.39. The summed E-state index contributed by atoms with van der Waals surface area (Å²) in [5, 5.41) is 0. The molecule has 0 aliphatic rings. The highest BCUT2D eigenvalue weighted by Gasteiger charge is 2.48. The number of halogens is 2. The van der Waals surface area contributed by atoms with Gasteiger partial charge in [-0.05, 0) is 56.4 Å². The normalized spacial score (nSPS) is 14.3. The molecular weight excluding hydrogens is 270 g/mol. The van der Waals surface area contributed by atoms with Crippen molar-refractivity contribution in [3.05, 3.63) is 0 Å². The molecule has 0 radical (unpaired) electrons. The Morgan fingerprint density at radius 2 is 0.722 bits per heavy atom. The summed E-state index contributed by atoms with van der Waals surface area (Å²) in [6.45, 7) is 0. The van der Waals surface area contributed by atoms with Crippen molar-refractivity contribution in [1.82, 2.24) is 18.3 Å². The van der Waals surface area contributed by atoms with Crippen molar-refractivity contribution in [1.29, 1.82) is 0 Å². The van der Waals surface area contributed by atoms with E-state index in [-0.39, 0.29) is 12.1 Å². The largest absolute Gasteiger partial charge is 0.400 e. The second-order valence-electron chi connectivity index (χ2n) is 5.52. The maximum absolute atomic E-state index is 14.9. The maximum atomic E-state index is 14.9. The highest BCUT2D eigenvalue weighted by atomic mass is 28.4. The second kappa shape index (κ2) is 6.53. The van der Waals surface area contributed by atoms with Gasteiger partial charge in [-0.3, -0.25) is 26.5 Å². The van der Waals surface area contributed by atoms with E-state index in [4.69, 9.17) is 0 Å². The highest BCUT2D eigenvalue weighted by Crippen LogP contribution is 2.27. The van der Waals surface area contributed by atoms with E-state index in [1.54, 1.807) is 74.6 Å². The molecular formula is C10H28F2N4Si2. The fourth-order valence-corrected chi connectivity index (χ4v) is 7.95. The van der Waals surface area contributed by atoms with Gasteiger partial charge in [-0.15, -0.1) is 0 Å². The minimum atomic E-state index is -3.20. The van der Waals surface area contributed by atoms with E-state index in [2.05, 4.69) is 0 Å². The van der Waals surface area contributed by atoms with E-state index in [0.717, 1.165) is 0 Å². The lowest BCUT2D eigenvalue weighted by Crippen LogP contribution is -2.62. The first kappa shape index (κ1) is 18.1. The van der Waals surface area contributed by atoms with Gasteiger partial charge in [0.15, 0.2) is 0 Å². The molecule has 0 spiro atoms. The summed E-state index contributed by atoms with van der Waals surface area (Å²) in [7, 11) is 7.49. The van der Waals surface area contributed by atoms with E-state index >= 15 is 0 Å². The molecule has 0 unspecified atom stereocenters. The minimum absolute atomic E-state index is 0.284. The van der Waals surface area contributed by atoms with Crippen LogP contribution in [0, 0.1) is 0 Å². The molecule has 0 saturated carbocycles. The van der Waals surface area contributed by atoms with Crippen LogP contribution in [0.5, 0.6) is 0 Å². The molecule has 0 amide bonds. The Kier molecular flexibility index (Phi) is 6.58. The molecule has 0 atom stereocenters. The van der Waals surface area contributed by atoms with Gasteiger partial charge in [0.05, 0.1) is 0 Å². The molecule has 0 bridgehead atoms. The summed E-state index contributed by atoms with van der Waals surface area (Å²) < 4.78 is 36.3. The molecule has 0 rings (SSSR count). The first-order valence-corrected chi connectivity index (χ1v) is 10.0. The molecule has 18 heavy (non-hydrogen) atoms. The van der Waals surface area contributed by atoms with Crippen molar-refractivity contribution in [2.24, 2.45) is 0 Å². The molecule has 0 aliphatic heterocycles.